The van der Waals surface area contributed by atoms with E-state index >= 15 is 0 Å². The molecule has 0 aliphatic heterocycles. The van der Waals surface area contributed by atoms with Crippen LogP contribution in [-0.4, -0.2) is 55.4 Å². The van der Waals surface area contributed by atoms with Crippen molar-refractivity contribution in [2.24, 2.45) is 0 Å². The molecular weight excluding hydrogens is 486 g/mol. The van der Waals surface area contributed by atoms with E-state index in [2.05, 4.69) is 10.6 Å². The van der Waals surface area contributed by atoms with Crippen LogP contribution in [0.5, 0.6) is 5.75 Å². The van der Waals surface area contributed by atoms with Crippen molar-refractivity contribution >= 4 is 11.8 Å². The van der Waals surface area contributed by atoms with Gasteiger partial charge in [-0.2, -0.15) is 0 Å². The van der Waals surface area contributed by atoms with Crippen molar-refractivity contribution in [3.05, 3.63) is 87.1 Å². The lowest BCUT2D eigenvalue weighted by Gasteiger charge is -2.22. The van der Waals surface area contributed by atoms with Crippen LogP contribution in [0.4, 0.5) is 8.78 Å². The van der Waals surface area contributed by atoms with Gasteiger partial charge < -0.3 is 25.5 Å². The van der Waals surface area contributed by atoms with Gasteiger partial charge >= 0.3 is 0 Å². The molecule has 1 aromatic heterocycles. The molecule has 3 N–H and O–H groups in total. The summed E-state index contributed by atoms with van der Waals surface area (Å²) in [6.45, 7) is 4.23. The number of nitrogens with zero attached hydrogens (tertiary/aromatic N) is 2. The first kappa shape index (κ1) is 29.1. The second-order valence-electron chi connectivity index (χ2n) is 8.15. The van der Waals surface area contributed by atoms with Crippen LogP contribution in [0.1, 0.15) is 46.7 Å². The van der Waals surface area contributed by atoms with Crippen LogP contribution in [0.25, 0.3) is 0 Å². The Morgan fingerprint density at radius 3 is 2.46 bits per heavy atom. The van der Waals surface area contributed by atoms with Gasteiger partial charge in [-0.15, -0.1) is 0 Å². The van der Waals surface area contributed by atoms with Gasteiger partial charge in [0.15, 0.2) is 11.4 Å². The fourth-order valence-electron chi connectivity index (χ4n) is 3.35. The second kappa shape index (κ2) is 13.8. The molecular formula is C26H32F2N4O5. The van der Waals surface area contributed by atoms with Crippen molar-refractivity contribution in [3.8, 4) is 5.75 Å². The fraction of sp³-hybridized carbons (Fsp3) is 0.346. The van der Waals surface area contributed by atoms with Crippen LogP contribution in [0.2, 0.25) is 0 Å². The molecule has 200 valence electrons. The van der Waals surface area contributed by atoms with Crippen LogP contribution in [0, 0.1) is 11.6 Å². The lowest BCUT2D eigenvalue weighted by atomic mass is 10.1. The first-order chi connectivity index (χ1) is 17.6. The highest BCUT2D eigenvalue weighted by molar-refractivity contribution is 5.98. The Morgan fingerprint density at radius 1 is 1.14 bits per heavy atom. The maximum Gasteiger partial charge on any atom is 0.273 e. The number of benzene rings is 1. The number of amides is 2. The lowest BCUT2D eigenvalue weighted by Crippen LogP contribution is -2.39. The minimum Gasteiger partial charge on any atom is -0.502 e. The number of carbonyl (C=O) groups excluding carboxylic acids is 2. The number of hydrogen-bond acceptors (Lipinski definition) is 6. The summed E-state index contributed by atoms with van der Waals surface area (Å²) in [4.78, 5) is 38.1. The van der Waals surface area contributed by atoms with E-state index in [9.17, 15) is 28.3 Å². The quantitative estimate of drug-likeness (QED) is 0.226. The van der Waals surface area contributed by atoms with E-state index < -0.39 is 40.2 Å². The predicted molar refractivity (Wildman–Crippen MR) is 136 cm³/mol. The molecule has 2 aromatic rings. The van der Waals surface area contributed by atoms with Gasteiger partial charge in [0.05, 0.1) is 6.61 Å². The van der Waals surface area contributed by atoms with Gasteiger partial charge in [0.1, 0.15) is 23.0 Å². The topological polar surface area (TPSA) is 113 Å². The fourth-order valence-corrected chi connectivity index (χ4v) is 3.35. The molecule has 0 unspecified atom stereocenters. The van der Waals surface area contributed by atoms with Crippen LogP contribution in [0.15, 0.2) is 53.2 Å². The van der Waals surface area contributed by atoms with E-state index in [1.807, 2.05) is 32.1 Å². The highest BCUT2D eigenvalue weighted by Gasteiger charge is 2.25. The number of allylic oxidation sites excluding steroid dienone is 3. The third kappa shape index (κ3) is 7.92. The number of carbonyl (C=O) groups is 2. The Kier molecular flexibility index (Phi) is 10.9. The molecule has 1 heterocycles. The Hall–Kier alpha value is -4.15. The SMILES string of the molecule is C/C=C\C(=C/C)OCCCNC(=O)c1c(O)c(=O)c(C(=O)NCCc2ccc(F)cc2F)cn1N(C)C. The standard InChI is InChI=1S/C26H32F2N4O5/c1-5-8-19(6-2)37-14-7-12-29-26(36)22-24(34)23(33)20(16-32(22)31(3)4)25(35)30-13-11-17-9-10-18(27)15-21(17)28/h5-6,8-10,15-16,34H,7,11-14H2,1-4H3,(H,29,36)(H,30,35)/b8-5-,19-6+. The number of aromatic hydroxyl groups is 1. The molecule has 1 aromatic carbocycles. The first-order valence-electron chi connectivity index (χ1n) is 11.7. The van der Waals surface area contributed by atoms with E-state index in [4.69, 9.17) is 4.74 Å². The van der Waals surface area contributed by atoms with E-state index in [1.54, 1.807) is 14.1 Å². The number of hydrogen-bond donors (Lipinski definition) is 3. The zero-order valence-electron chi connectivity index (χ0n) is 21.3. The molecule has 0 aliphatic carbocycles. The predicted octanol–water partition coefficient (Wildman–Crippen LogP) is 2.62. The third-order valence-corrected chi connectivity index (χ3v) is 5.24. The molecule has 11 heteroatoms. The second-order valence-corrected chi connectivity index (χ2v) is 8.15. The monoisotopic (exact) mass is 518 g/mol. The van der Waals surface area contributed by atoms with Crippen molar-refractivity contribution < 1.29 is 28.2 Å². The number of ether oxygens (including phenoxy) is 1. The first-order valence-corrected chi connectivity index (χ1v) is 11.7. The average Bonchev–Trinajstić information content (AvgIpc) is 2.85. The molecule has 0 radical (unpaired) electrons. The van der Waals surface area contributed by atoms with E-state index in [0.717, 1.165) is 18.3 Å². The molecule has 0 bridgehead atoms. The highest BCUT2D eigenvalue weighted by atomic mass is 19.1. The zero-order chi connectivity index (χ0) is 27.5. The summed E-state index contributed by atoms with van der Waals surface area (Å²) in [6, 6.07) is 3.11. The molecule has 0 atom stereocenters. The molecule has 0 aliphatic rings. The van der Waals surface area contributed by atoms with Gasteiger partial charge in [-0.25, -0.2) is 8.78 Å². The van der Waals surface area contributed by atoms with Crippen molar-refractivity contribution in [2.75, 3.05) is 38.8 Å². The third-order valence-electron chi connectivity index (χ3n) is 5.24. The summed E-state index contributed by atoms with van der Waals surface area (Å²) >= 11 is 0. The van der Waals surface area contributed by atoms with E-state index in [1.165, 1.54) is 15.8 Å². The molecule has 0 saturated carbocycles. The highest BCUT2D eigenvalue weighted by Crippen LogP contribution is 2.14. The summed E-state index contributed by atoms with van der Waals surface area (Å²) in [5.74, 6) is -3.17. The number of aromatic nitrogens is 1. The van der Waals surface area contributed by atoms with Crippen LogP contribution < -0.4 is 21.1 Å². The Morgan fingerprint density at radius 2 is 1.84 bits per heavy atom. The van der Waals surface area contributed by atoms with Gasteiger partial charge in [0, 0.05) is 39.4 Å². The van der Waals surface area contributed by atoms with Crippen molar-refractivity contribution in [2.45, 2.75) is 26.7 Å². The van der Waals surface area contributed by atoms with E-state index in [-0.39, 0.29) is 30.8 Å². The molecule has 9 nitrogen and oxygen atoms in total. The molecule has 37 heavy (non-hydrogen) atoms. The summed E-state index contributed by atoms with van der Waals surface area (Å²) in [5.41, 5.74) is -1.57. The largest absolute Gasteiger partial charge is 0.502 e. The van der Waals surface area contributed by atoms with E-state index in [0.29, 0.717) is 18.8 Å². The zero-order valence-corrected chi connectivity index (χ0v) is 21.3. The van der Waals surface area contributed by atoms with Gasteiger partial charge in [-0.05, 0) is 50.5 Å². The smallest absolute Gasteiger partial charge is 0.273 e. The lowest BCUT2D eigenvalue weighted by molar-refractivity contribution is 0.0925. The van der Waals surface area contributed by atoms with Gasteiger partial charge in [-0.1, -0.05) is 12.1 Å². The number of halogens is 2. The summed E-state index contributed by atoms with van der Waals surface area (Å²) in [5, 5.41) is 17.1. The van der Waals surface area contributed by atoms with Gasteiger partial charge in [0.2, 0.25) is 5.43 Å². The molecule has 2 amide bonds. The van der Waals surface area contributed by atoms with Gasteiger partial charge in [0.25, 0.3) is 11.8 Å². The maximum absolute atomic E-state index is 13.8. The summed E-state index contributed by atoms with van der Waals surface area (Å²) in [6.07, 6.45) is 7.14. The Labute approximate surface area is 214 Å². The Bertz CT molecular complexity index is 1240. The Balaban J connectivity index is 2.09. The molecule has 0 saturated heterocycles. The normalized spacial score (nSPS) is 11.5. The molecule has 0 spiro atoms. The summed E-state index contributed by atoms with van der Waals surface area (Å²) in [7, 11) is 3.13. The number of pyridine rings is 1. The molecule has 0 fully saturated rings. The van der Waals surface area contributed by atoms with Crippen molar-refractivity contribution in [3.63, 3.8) is 0 Å². The molecule has 2 rings (SSSR count). The van der Waals surface area contributed by atoms with Crippen LogP contribution in [0.3, 0.4) is 0 Å². The summed E-state index contributed by atoms with van der Waals surface area (Å²) < 4.78 is 33.6. The van der Waals surface area contributed by atoms with Crippen LogP contribution in [-0.2, 0) is 11.2 Å². The maximum atomic E-state index is 13.8. The number of nitrogens with one attached hydrogen (secondary N) is 2. The van der Waals surface area contributed by atoms with Crippen LogP contribution >= 0.6 is 0 Å². The average molecular weight is 519 g/mol. The minimum atomic E-state index is -1.03. The number of rotatable bonds is 12. The minimum absolute atomic E-state index is 0.0448. The van der Waals surface area contributed by atoms with Gasteiger partial charge in [-0.3, -0.25) is 19.1 Å². The van der Waals surface area contributed by atoms with Crippen molar-refractivity contribution in [1.82, 2.24) is 15.3 Å². The van der Waals surface area contributed by atoms with Crippen molar-refractivity contribution in [1.29, 1.82) is 0 Å².